The van der Waals surface area contributed by atoms with Gasteiger partial charge in [-0.1, -0.05) is 0 Å². The third-order valence-corrected chi connectivity index (χ3v) is 2.59. The minimum absolute atomic E-state index is 0.348. The molecule has 0 aromatic rings. The molecular formula is C14H26N2O4. The molecular weight excluding hydrogens is 260 g/mol. The first-order valence-corrected chi connectivity index (χ1v) is 6.89. The second-order valence-corrected chi connectivity index (χ2v) is 7.26. The largest absolute Gasteiger partial charge is 0.444 e. The molecule has 0 atom stereocenters. The van der Waals surface area contributed by atoms with Crippen molar-refractivity contribution in [3.05, 3.63) is 0 Å². The molecule has 0 radical (unpaired) electrons. The van der Waals surface area contributed by atoms with E-state index >= 15 is 0 Å². The molecule has 1 rings (SSSR count). The van der Waals surface area contributed by atoms with Gasteiger partial charge in [-0.2, -0.15) is 0 Å². The normalized spacial score (nSPS) is 17.1. The summed E-state index contributed by atoms with van der Waals surface area (Å²) in [4.78, 5) is 23.3. The summed E-state index contributed by atoms with van der Waals surface area (Å²) in [6.45, 7) is 11.2. The summed E-state index contributed by atoms with van der Waals surface area (Å²) in [5, 5.41) is 5.49. The molecule has 6 heteroatoms. The molecule has 116 valence electrons. The van der Waals surface area contributed by atoms with E-state index in [1.165, 1.54) is 0 Å². The maximum Gasteiger partial charge on any atom is 0.408 e. The first kappa shape index (κ1) is 16.6. The van der Waals surface area contributed by atoms with E-state index in [9.17, 15) is 9.59 Å². The van der Waals surface area contributed by atoms with Crippen molar-refractivity contribution in [2.75, 3.05) is 6.54 Å². The molecule has 0 saturated heterocycles. The van der Waals surface area contributed by atoms with Gasteiger partial charge in [0.1, 0.15) is 11.2 Å². The van der Waals surface area contributed by atoms with Gasteiger partial charge in [0.2, 0.25) is 0 Å². The van der Waals surface area contributed by atoms with Crippen LogP contribution in [-0.2, 0) is 9.47 Å². The van der Waals surface area contributed by atoms with Crippen molar-refractivity contribution in [1.29, 1.82) is 0 Å². The van der Waals surface area contributed by atoms with E-state index in [2.05, 4.69) is 10.6 Å². The summed E-state index contributed by atoms with van der Waals surface area (Å²) in [6.07, 6.45) is 0.708. The maximum atomic E-state index is 11.7. The van der Waals surface area contributed by atoms with Crippen molar-refractivity contribution in [3.63, 3.8) is 0 Å². The number of alkyl carbamates (subject to hydrolysis) is 2. The Morgan fingerprint density at radius 2 is 1.40 bits per heavy atom. The van der Waals surface area contributed by atoms with Gasteiger partial charge in [-0.15, -0.1) is 0 Å². The van der Waals surface area contributed by atoms with Crippen molar-refractivity contribution in [3.8, 4) is 0 Å². The zero-order chi connectivity index (χ0) is 15.6. The van der Waals surface area contributed by atoms with Crippen LogP contribution in [0.4, 0.5) is 9.59 Å². The Balaban J connectivity index is 2.36. The lowest BCUT2D eigenvalue weighted by molar-refractivity contribution is 0.0455. The molecule has 0 spiro atoms. The van der Waals surface area contributed by atoms with Crippen LogP contribution in [0.25, 0.3) is 0 Å². The number of carbonyl (C=O) groups is 2. The molecule has 1 aliphatic rings. The summed E-state index contributed by atoms with van der Waals surface area (Å²) in [5.41, 5.74) is -1.45. The topological polar surface area (TPSA) is 76.7 Å². The van der Waals surface area contributed by atoms with Gasteiger partial charge in [0.15, 0.2) is 0 Å². The van der Waals surface area contributed by atoms with Crippen LogP contribution in [0.2, 0.25) is 0 Å². The van der Waals surface area contributed by atoms with Gasteiger partial charge in [0.05, 0.1) is 5.54 Å². The summed E-state index contributed by atoms with van der Waals surface area (Å²) < 4.78 is 10.4. The highest BCUT2D eigenvalue weighted by Crippen LogP contribution is 2.35. The Bertz CT molecular complexity index is 376. The molecule has 0 unspecified atom stereocenters. The Kier molecular flexibility index (Phi) is 4.56. The fraction of sp³-hybridized carbons (Fsp3) is 0.857. The average molecular weight is 286 g/mol. The predicted molar refractivity (Wildman–Crippen MR) is 75.6 cm³/mol. The van der Waals surface area contributed by atoms with Crippen LogP contribution < -0.4 is 10.6 Å². The monoisotopic (exact) mass is 286 g/mol. The zero-order valence-electron chi connectivity index (χ0n) is 13.3. The number of carbonyl (C=O) groups excluding carboxylic acids is 2. The van der Waals surface area contributed by atoms with Crippen molar-refractivity contribution in [1.82, 2.24) is 10.6 Å². The van der Waals surface area contributed by atoms with E-state index in [4.69, 9.17) is 9.47 Å². The molecule has 1 fully saturated rings. The van der Waals surface area contributed by atoms with Crippen molar-refractivity contribution < 1.29 is 19.1 Å². The molecule has 20 heavy (non-hydrogen) atoms. The van der Waals surface area contributed by atoms with E-state index in [1.807, 2.05) is 20.8 Å². The summed E-state index contributed by atoms with van der Waals surface area (Å²) >= 11 is 0. The van der Waals surface area contributed by atoms with Gasteiger partial charge >= 0.3 is 12.2 Å². The third-order valence-electron chi connectivity index (χ3n) is 2.59. The van der Waals surface area contributed by atoms with Gasteiger partial charge in [-0.25, -0.2) is 9.59 Å². The number of nitrogens with one attached hydrogen (secondary N) is 2. The van der Waals surface area contributed by atoms with Crippen LogP contribution in [-0.4, -0.2) is 35.5 Å². The lowest BCUT2D eigenvalue weighted by Crippen LogP contribution is -2.48. The van der Waals surface area contributed by atoms with Crippen molar-refractivity contribution in [2.24, 2.45) is 0 Å². The van der Waals surface area contributed by atoms with E-state index in [-0.39, 0.29) is 5.54 Å². The standard InChI is InChI=1S/C14H26N2O4/c1-12(2,3)19-10(17)15-9-14(7-8-14)16-11(18)20-13(4,5)6/h7-9H2,1-6H3,(H,15,17)(H,16,18). The highest BCUT2D eigenvalue weighted by Gasteiger charge is 2.45. The highest BCUT2D eigenvalue weighted by molar-refractivity contribution is 5.70. The quantitative estimate of drug-likeness (QED) is 0.836. The number of amides is 2. The Morgan fingerprint density at radius 3 is 1.80 bits per heavy atom. The van der Waals surface area contributed by atoms with E-state index in [1.54, 1.807) is 20.8 Å². The molecule has 6 nitrogen and oxygen atoms in total. The average Bonchev–Trinajstić information content (AvgIpc) is 2.89. The molecule has 0 bridgehead atoms. The molecule has 1 saturated carbocycles. The van der Waals surface area contributed by atoms with Gasteiger partial charge in [-0.3, -0.25) is 0 Å². The second kappa shape index (κ2) is 5.50. The minimum Gasteiger partial charge on any atom is -0.444 e. The Morgan fingerprint density at radius 1 is 0.950 bits per heavy atom. The Hall–Kier alpha value is -1.46. The fourth-order valence-corrected chi connectivity index (χ4v) is 1.57. The molecule has 2 N–H and O–H groups in total. The van der Waals surface area contributed by atoms with Crippen LogP contribution in [0, 0.1) is 0 Å². The van der Waals surface area contributed by atoms with Crippen LogP contribution >= 0.6 is 0 Å². The number of rotatable bonds is 3. The molecule has 1 aliphatic carbocycles. The summed E-state index contributed by atoms with van der Waals surface area (Å²) in [7, 11) is 0. The molecule has 2 amide bonds. The SMILES string of the molecule is CC(C)(C)OC(=O)NCC1(NC(=O)OC(C)(C)C)CC1. The van der Waals surface area contributed by atoms with Gasteiger partial charge in [0, 0.05) is 6.54 Å². The number of hydrogen-bond donors (Lipinski definition) is 2. The minimum atomic E-state index is -0.529. The van der Waals surface area contributed by atoms with Gasteiger partial charge in [-0.05, 0) is 54.4 Å². The smallest absolute Gasteiger partial charge is 0.408 e. The van der Waals surface area contributed by atoms with Crippen LogP contribution in [0.3, 0.4) is 0 Å². The van der Waals surface area contributed by atoms with Crippen molar-refractivity contribution in [2.45, 2.75) is 71.1 Å². The van der Waals surface area contributed by atoms with Crippen LogP contribution in [0.1, 0.15) is 54.4 Å². The molecule has 0 aromatic carbocycles. The summed E-state index contributed by atoms with van der Waals surface area (Å²) in [6, 6.07) is 0. The highest BCUT2D eigenvalue weighted by atomic mass is 16.6. The number of ether oxygens (including phenoxy) is 2. The Labute approximate surface area is 120 Å². The second-order valence-electron chi connectivity index (χ2n) is 7.26. The molecule has 0 heterocycles. The zero-order valence-corrected chi connectivity index (χ0v) is 13.3. The predicted octanol–water partition coefficient (Wildman–Crippen LogP) is 2.57. The maximum absolute atomic E-state index is 11.7. The molecule has 0 aliphatic heterocycles. The lowest BCUT2D eigenvalue weighted by Gasteiger charge is -2.24. The van der Waals surface area contributed by atoms with Gasteiger partial charge < -0.3 is 20.1 Å². The van der Waals surface area contributed by atoms with Crippen LogP contribution in [0.5, 0.6) is 0 Å². The van der Waals surface area contributed by atoms with E-state index < -0.39 is 23.4 Å². The lowest BCUT2D eigenvalue weighted by atomic mass is 10.2. The molecule has 0 aromatic heterocycles. The van der Waals surface area contributed by atoms with E-state index in [0.29, 0.717) is 6.54 Å². The number of hydrogen-bond acceptors (Lipinski definition) is 4. The third kappa shape index (κ3) is 6.63. The van der Waals surface area contributed by atoms with Gasteiger partial charge in [0.25, 0.3) is 0 Å². The van der Waals surface area contributed by atoms with Crippen molar-refractivity contribution >= 4 is 12.2 Å². The first-order valence-electron chi connectivity index (χ1n) is 6.89. The fourth-order valence-electron chi connectivity index (χ4n) is 1.57. The van der Waals surface area contributed by atoms with Crippen LogP contribution in [0.15, 0.2) is 0 Å². The van der Waals surface area contributed by atoms with E-state index in [0.717, 1.165) is 12.8 Å². The first-order chi connectivity index (χ1) is 8.91. The summed E-state index contributed by atoms with van der Waals surface area (Å²) in [5.74, 6) is 0.